The zero-order valence-electron chi connectivity index (χ0n) is 10.1. The van der Waals surface area contributed by atoms with Crippen LogP contribution >= 0.6 is 0 Å². The van der Waals surface area contributed by atoms with E-state index in [1.165, 1.54) is 0 Å². The zero-order valence-corrected chi connectivity index (χ0v) is 10.1. The number of nitrogens with zero attached hydrogens (tertiary/aromatic N) is 1. The minimum absolute atomic E-state index is 0.0652. The number of ether oxygens (including phenoxy) is 1. The van der Waals surface area contributed by atoms with Crippen molar-refractivity contribution in [2.75, 3.05) is 32.9 Å². The third kappa shape index (κ3) is 4.00. The topological polar surface area (TPSA) is 99.1 Å². The van der Waals surface area contributed by atoms with Gasteiger partial charge in [0.15, 0.2) is 5.54 Å². The summed E-state index contributed by atoms with van der Waals surface area (Å²) in [7, 11) is 0. The Hall–Kier alpha value is -1.48. The van der Waals surface area contributed by atoms with Crippen LogP contribution in [0.15, 0.2) is 0 Å². The van der Waals surface area contributed by atoms with Crippen molar-refractivity contribution in [1.82, 2.24) is 10.2 Å². The summed E-state index contributed by atoms with van der Waals surface area (Å²) in [4.78, 5) is 23.6. The van der Waals surface area contributed by atoms with Gasteiger partial charge in [0.2, 0.25) is 0 Å². The van der Waals surface area contributed by atoms with Crippen molar-refractivity contribution in [2.45, 2.75) is 18.4 Å². The van der Waals surface area contributed by atoms with Crippen molar-refractivity contribution in [3.8, 4) is 0 Å². The van der Waals surface area contributed by atoms with E-state index in [0.717, 1.165) is 0 Å². The molecule has 0 bridgehead atoms. The average molecular weight is 282 g/mol. The number of aliphatic hydroxyl groups is 1. The highest BCUT2D eigenvalue weighted by Gasteiger charge is 2.44. The number of rotatable bonds is 6. The Bertz CT molecular complexity index is 334. The summed E-state index contributed by atoms with van der Waals surface area (Å²) in [6, 6.07) is -0.956. The molecule has 0 aromatic carbocycles. The number of hydrogen-bond acceptors (Lipinski definition) is 4. The SMILES string of the molecule is O=C(NC1(C(=O)O)CCOC1)N(CCO)CC(F)F. The monoisotopic (exact) mass is 282 g/mol. The number of carboxylic acid groups (broad SMARTS) is 1. The van der Waals surface area contributed by atoms with Crippen molar-refractivity contribution in [3.05, 3.63) is 0 Å². The number of halogens is 2. The summed E-state index contributed by atoms with van der Waals surface area (Å²) in [6.45, 7) is -1.70. The molecule has 1 saturated heterocycles. The molecule has 1 heterocycles. The van der Waals surface area contributed by atoms with Crippen LogP contribution in [0.2, 0.25) is 0 Å². The summed E-state index contributed by atoms with van der Waals surface area (Å²) < 4.78 is 29.5. The molecule has 0 aromatic heterocycles. The van der Waals surface area contributed by atoms with Crippen LogP contribution in [0, 0.1) is 0 Å². The number of alkyl halides is 2. The Morgan fingerprint density at radius 3 is 2.58 bits per heavy atom. The van der Waals surface area contributed by atoms with Gasteiger partial charge < -0.3 is 25.2 Å². The second-order valence-electron chi connectivity index (χ2n) is 4.18. The molecule has 9 heteroatoms. The first-order valence-corrected chi connectivity index (χ1v) is 5.68. The quantitative estimate of drug-likeness (QED) is 0.610. The van der Waals surface area contributed by atoms with Gasteiger partial charge in [-0.25, -0.2) is 18.4 Å². The maximum absolute atomic E-state index is 12.3. The molecule has 2 amide bonds. The fourth-order valence-corrected chi connectivity index (χ4v) is 1.73. The molecule has 110 valence electrons. The predicted octanol–water partition coefficient (Wildman–Crippen LogP) is -0.501. The average Bonchev–Trinajstić information content (AvgIpc) is 2.77. The fourth-order valence-electron chi connectivity index (χ4n) is 1.73. The highest BCUT2D eigenvalue weighted by molar-refractivity contribution is 5.86. The lowest BCUT2D eigenvalue weighted by atomic mass is 9.99. The van der Waals surface area contributed by atoms with E-state index in [1.54, 1.807) is 0 Å². The van der Waals surface area contributed by atoms with Gasteiger partial charge in [-0.3, -0.25) is 0 Å². The largest absolute Gasteiger partial charge is 0.479 e. The predicted molar refractivity (Wildman–Crippen MR) is 59.0 cm³/mol. The number of aliphatic hydroxyl groups excluding tert-OH is 1. The second-order valence-corrected chi connectivity index (χ2v) is 4.18. The van der Waals surface area contributed by atoms with Gasteiger partial charge in [0.25, 0.3) is 6.43 Å². The number of urea groups is 1. The molecule has 3 N–H and O–H groups in total. The van der Waals surface area contributed by atoms with E-state index in [1.807, 2.05) is 0 Å². The highest BCUT2D eigenvalue weighted by atomic mass is 19.3. The van der Waals surface area contributed by atoms with E-state index in [-0.39, 0.29) is 26.2 Å². The summed E-state index contributed by atoms with van der Waals surface area (Å²) in [6.07, 6.45) is -2.70. The lowest BCUT2D eigenvalue weighted by molar-refractivity contribution is -0.144. The molecule has 0 radical (unpaired) electrons. The van der Waals surface area contributed by atoms with Crippen molar-refractivity contribution < 1.29 is 33.3 Å². The van der Waals surface area contributed by atoms with Crippen molar-refractivity contribution >= 4 is 12.0 Å². The minimum Gasteiger partial charge on any atom is -0.479 e. The van der Waals surface area contributed by atoms with Crippen LogP contribution in [0.5, 0.6) is 0 Å². The van der Waals surface area contributed by atoms with E-state index in [2.05, 4.69) is 5.32 Å². The third-order valence-corrected chi connectivity index (χ3v) is 2.79. The van der Waals surface area contributed by atoms with Gasteiger partial charge in [0.1, 0.15) is 0 Å². The van der Waals surface area contributed by atoms with Gasteiger partial charge in [-0.2, -0.15) is 0 Å². The van der Waals surface area contributed by atoms with Gasteiger partial charge in [-0.1, -0.05) is 0 Å². The molecule has 1 rings (SSSR count). The van der Waals surface area contributed by atoms with Crippen LogP contribution in [0.25, 0.3) is 0 Å². The van der Waals surface area contributed by atoms with Crippen LogP contribution in [0.3, 0.4) is 0 Å². The van der Waals surface area contributed by atoms with E-state index < -0.39 is 37.1 Å². The molecule has 1 fully saturated rings. The molecular weight excluding hydrogens is 266 g/mol. The summed E-state index contributed by atoms with van der Waals surface area (Å²) in [5, 5.41) is 20.0. The molecule has 1 aliphatic rings. The first-order chi connectivity index (χ1) is 8.91. The van der Waals surface area contributed by atoms with Gasteiger partial charge in [0, 0.05) is 19.6 Å². The molecule has 19 heavy (non-hydrogen) atoms. The molecule has 0 spiro atoms. The fraction of sp³-hybridized carbons (Fsp3) is 0.800. The normalized spacial score (nSPS) is 22.5. The molecule has 0 aliphatic carbocycles. The van der Waals surface area contributed by atoms with Gasteiger partial charge in [-0.05, 0) is 0 Å². The lowest BCUT2D eigenvalue weighted by Gasteiger charge is -2.29. The Balaban J connectivity index is 2.71. The maximum Gasteiger partial charge on any atom is 0.332 e. The second kappa shape index (κ2) is 6.62. The molecule has 7 nitrogen and oxygen atoms in total. The number of carbonyl (C=O) groups is 2. The van der Waals surface area contributed by atoms with Crippen LogP contribution in [-0.2, 0) is 9.53 Å². The molecular formula is C10H16F2N2O5. The smallest absolute Gasteiger partial charge is 0.332 e. The number of carboxylic acids is 1. The minimum atomic E-state index is -2.77. The van der Waals surface area contributed by atoms with Gasteiger partial charge in [-0.15, -0.1) is 0 Å². The van der Waals surface area contributed by atoms with Crippen molar-refractivity contribution in [2.24, 2.45) is 0 Å². The number of hydrogen-bond donors (Lipinski definition) is 3. The first-order valence-electron chi connectivity index (χ1n) is 5.68. The Kier molecular flexibility index (Phi) is 5.43. The zero-order chi connectivity index (χ0) is 14.5. The summed E-state index contributed by atoms with van der Waals surface area (Å²) in [5.74, 6) is -1.28. The van der Waals surface area contributed by atoms with Gasteiger partial charge in [0.05, 0.1) is 19.8 Å². The third-order valence-electron chi connectivity index (χ3n) is 2.79. The van der Waals surface area contributed by atoms with Crippen LogP contribution in [-0.4, -0.2) is 72.0 Å². The van der Waals surface area contributed by atoms with E-state index in [4.69, 9.17) is 14.9 Å². The number of aliphatic carboxylic acids is 1. The van der Waals surface area contributed by atoms with Gasteiger partial charge >= 0.3 is 12.0 Å². The van der Waals surface area contributed by atoms with E-state index >= 15 is 0 Å². The van der Waals surface area contributed by atoms with E-state index in [0.29, 0.717) is 4.90 Å². The summed E-state index contributed by atoms with van der Waals surface area (Å²) >= 11 is 0. The Morgan fingerprint density at radius 2 is 2.16 bits per heavy atom. The molecule has 0 aromatic rings. The van der Waals surface area contributed by atoms with Crippen molar-refractivity contribution in [1.29, 1.82) is 0 Å². The van der Waals surface area contributed by atoms with Crippen LogP contribution < -0.4 is 5.32 Å². The van der Waals surface area contributed by atoms with Crippen LogP contribution in [0.1, 0.15) is 6.42 Å². The molecule has 1 aliphatic heterocycles. The molecule has 1 atom stereocenters. The lowest BCUT2D eigenvalue weighted by Crippen LogP contribution is -2.59. The van der Waals surface area contributed by atoms with Crippen LogP contribution in [0.4, 0.5) is 13.6 Å². The maximum atomic E-state index is 12.3. The standard InChI is InChI=1S/C10H16F2N2O5/c11-7(12)5-14(2-3-15)9(18)13-10(8(16)17)1-4-19-6-10/h7,15H,1-6H2,(H,13,18)(H,16,17). The van der Waals surface area contributed by atoms with E-state index in [9.17, 15) is 18.4 Å². The Morgan fingerprint density at radius 1 is 1.47 bits per heavy atom. The molecule has 0 saturated carbocycles. The number of amides is 2. The number of carbonyl (C=O) groups excluding carboxylic acids is 1. The summed E-state index contributed by atoms with van der Waals surface area (Å²) in [5.41, 5.74) is -1.59. The first kappa shape index (κ1) is 15.6. The van der Waals surface area contributed by atoms with Crippen molar-refractivity contribution in [3.63, 3.8) is 0 Å². The Labute approximate surface area is 108 Å². The molecule has 1 unspecified atom stereocenters. The number of nitrogens with one attached hydrogen (secondary N) is 1. The highest BCUT2D eigenvalue weighted by Crippen LogP contribution is 2.19.